The molecule has 0 amide bonds. The average Bonchev–Trinajstić information content (AvgIpc) is 2.33. The van der Waals surface area contributed by atoms with Crippen LogP contribution in [-0.2, 0) is 6.54 Å². The Morgan fingerprint density at radius 1 is 1.41 bits per heavy atom. The zero-order chi connectivity index (χ0) is 12.7. The quantitative estimate of drug-likeness (QED) is 0.717. The van der Waals surface area contributed by atoms with E-state index in [1.807, 2.05) is 19.1 Å². The summed E-state index contributed by atoms with van der Waals surface area (Å²) in [7, 11) is 0. The van der Waals surface area contributed by atoms with Crippen molar-refractivity contribution in [2.24, 2.45) is 5.92 Å². The van der Waals surface area contributed by atoms with Crippen molar-refractivity contribution in [3.63, 3.8) is 0 Å². The van der Waals surface area contributed by atoms with Gasteiger partial charge in [0.1, 0.15) is 5.82 Å². The van der Waals surface area contributed by atoms with Crippen LogP contribution in [0, 0.1) is 18.7 Å². The van der Waals surface area contributed by atoms with E-state index in [4.69, 9.17) is 5.11 Å². The molecule has 0 spiro atoms. The Balaban J connectivity index is 2.20. The molecule has 1 atom stereocenters. The van der Waals surface area contributed by atoms with Crippen molar-refractivity contribution in [2.45, 2.75) is 33.2 Å². The molecule has 2 N–H and O–H groups in total. The van der Waals surface area contributed by atoms with Crippen molar-refractivity contribution in [3.05, 3.63) is 35.1 Å². The fourth-order valence-corrected chi connectivity index (χ4v) is 1.72. The first-order chi connectivity index (χ1) is 8.13. The van der Waals surface area contributed by atoms with Gasteiger partial charge < -0.3 is 10.4 Å². The van der Waals surface area contributed by atoms with Gasteiger partial charge in [0, 0.05) is 13.2 Å². The molecule has 3 heteroatoms. The minimum absolute atomic E-state index is 0.148. The molecule has 1 unspecified atom stereocenters. The maximum Gasteiger partial charge on any atom is 0.126 e. The molecule has 1 aromatic rings. The van der Waals surface area contributed by atoms with Gasteiger partial charge in [-0.05, 0) is 49.4 Å². The van der Waals surface area contributed by atoms with Crippen LogP contribution in [0.15, 0.2) is 18.2 Å². The summed E-state index contributed by atoms with van der Waals surface area (Å²) in [6.07, 6.45) is 2.09. The summed E-state index contributed by atoms with van der Waals surface area (Å²) in [6.45, 7) is 5.79. The van der Waals surface area contributed by atoms with E-state index in [0.717, 1.165) is 31.5 Å². The molecule has 0 saturated carbocycles. The van der Waals surface area contributed by atoms with Crippen LogP contribution in [0.1, 0.15) is 30.9 Å². The van der Waals surface area contributed by atoms with Crippen LogP contribution in [0.25, 0.3) is 0 Å². The number of hydrogen-bond donors (Lipinski definition) is 2. The lowest BCUT2D eigenvalue weighted by atomic mass is 10.1. The van der Waals surface area contributed by atoms with Gasteiger partial charge in [0.2, 0.25) is 0 Å². The van der Waals surface area contributed by atoms with E-state index >= 15 is 0 Å². The van der Waals surface area contributed by atoms with Crippen molar-refractivity contribution < 1.29 is 9.50 Å². The molecule has 0 radical (unpaired) electrons. The highest BCUT2D eigenvalue weighted by molar-refractivity contribution is 5.23. The van der Waals surface area contributed by atoms with Gasteiger partial charge in [0.05, 0.1) is 0 Å². The van der Waals surface area contributed by atoms with Gasteiger partial charge in [0.25, 0.3) is 0 Å². The number of rotatable bonds is 7. The zero-order valence-electron chi connectivity index (χ0n) is 10.7. The van der Waals surface area contributed by atoms with Gasteiger partial charge in [-0.2, -0.15) is 0 Å². The molecule has 0 aromatic heterocycles. The molecule has 96 valence electrons. The summed E-state index contributed by atoms with van der Waals surface area (Å²) < 4.78 is 13.0. The summed E-state index contributed by atoms with van der Waals surface area (Å²) in [5.41, 5.74) is 1.80. The van der Waals surface area contributed by atoms with Crippen LogP contribution in [-0.4, -0.2) is 18.3 Å². The number of hydrogen-bond acceptors (Lipinski definition) is 2. The van der Waals surface area contributed by atoms with Gasteiger partial charge in [-0.25, -0.2) is 4.39 Å². The normalized spacial score (nSPS) is 12.7. The first-order valence-electron chi connectivity index (χ1n) is 6.20. The molecule has 0 aliphatic carbocycles. The van der Waals surface area contributed by atoms with Crippen molar-refractivity contribution in [1.82, 2.24) is 5.32 Å². The summed E-state index contributed by atoms with van der Waals surface area (Å²) in [5, 5.41) is 12.2. The van der Waals surface area contributed by atoms with E-state index in [2.05, 4.69) is 5.32 Å². The minimum atomic E-state index is -0.148. The molecule has 0 aliphatic rings. The largest absolute Gasteiger partial charge is 0.396 e. The molecule has 0 saturated heterocycles. The zero-order valence-corrected chi connectivity index (χ0v) is 10.7. The number of benzene rings is 1. The second-order valence-electron chi connectivity index (χ2n) is 4.69. The van der Waals surface area contributed by atoms with Gasteiger partial charge in [-0.3, -0.25) is 0 Å². The second-order valence-corrected chi connectivity index (χ2v) is 4.69. The highest BCUT2D eigenvalue weighted by atomic mass is 19.1. The lowest BCUT2D eigenvalue weighted by Crippen LogP contribution is -2.16. The van der Waals surface area contributed by atoms with Gasteiger partial charge in [-0.1, -0.05) is 19.1 Å². The average molecular weight is 239 g/mol. The van der Waals surface area contributed by atoms with E-state index in [-0.39, 0.29) is 12.4 Å². The predicted molar refractivity (Wildman–Crippen MR) is 68.3 cm³/mol. The van der Waals surface area contributed by atoms with Crippen LogP contribution < -0.4 is 5.32 Å². The van der Waals surface area contributed by atoms with Gasteiger partial charge in [-0.15, -0.1) is 0 Å². The Morgan fingerprint density at radius 3 is 2.82 bits per heavy atom. The molecular formula is C14H22FNO. The van der Waals surface area contributed by atoms with Crippen LogP contribution in [0.5, 0.6) is 0 Å². The Bertz CT molecular complexity index is 341. The number of aryl methyl sites for hydroxylation is 1. The molecule has 0 heterocycles. The first-order valence-corrected chi connectivity index (χ1v) is 6.20. The molecule has 1 aromatic carbocycles. The Morgan fingerprint density at radius 2 is 2.18 bits per heavy atom. The van der Waals surface area contributed by atoms with E-state index in [1.54, 1.807) is 6.92 Å². The predicted octanol–water partition coefficient (Wildman–Crippen LogP) is 2.63. The maximum atomic E-state index is 13.0. The maximum absolute atomic E-state index is 13.0. The number of aliphatic hydroxyl groups excluding tert-OH is 1. The fraction of sp³-hybridized carbons (Fsp3) is 0.571. The molecule has 2 nitrogen and oxygen atoms in total. The Kier molecular flexibility index (Phi) is 6.16. The van der Waals surface area contributed by atoms with E-state index in [9.17, 15) is 4.39 Å². The van der Waals surface area contributed by atoms with Crippen LogP contribution in [0.2, 0.25) is 0 Å². The van der Waals surface area contributed by atoms with Crippen molar-refractivity contribution in [2.75, 3.05) is 13.2 Å². The van der Waals surface area contributed by atoms with Crippen LogP contribution in [0.4, 0.5) is 4.39 Å². The Labute approximate surface area is 103 Å². The smallest absolute Gasteiger partial charge is 0.126 e. The lowest BCUT2D eigenvalue weighted by Gasteiger charge is -2.09. The van der Waals surface area contributed by atoms with Crippen molar-refractivity contribution in [1.29, 1.82) is 0 Å². The molecule has 1 rings (SSSR count). The van der Waals surface area contributed by atoms with Crippen LogP contribution in [0.3, 0.4) is 0 Å². The second kappa shape index (κ2) is 7.41. The third-order valence-electron chi connectivity index (χ3n) is 2.91. The van der Waals surface area contributed by atoms with Gasteiger partial charge in [0.15, 0.2) is 0 Å². The highest BCUT2D eigenvalue weighted by Crippen LogP contribution is 2.09. The topological polar surface area (TPSA) is 32.3 Å². The van der Waals surface area contributed by atoms with E-state index in [1.165, 1.54) is 6.07 Å². The monoisotopic (exact) mass is 239 g/mol. The van der Waals surface area contributed by atoms with Crippen molar-refractivity contribution >= 4 is 0 Å². The SMILES string of the molecule is Cc1cc(CNCCCC(C)CO)ccc1F. The third-order valence-corrected chi connectivity index (χ3v) is 2.91. The molecule has 0 fully saturated rings. The van der Waals surface area contributed by atoms with E-state index < -0.39 is 0 Å². The summed E-state index contributed by atoms with van der Waals surface area (Å²) in [6, 6.07) is 5.20. The number of aliphatic hydroxyl groups is 1. The molecule has 0 aliphatic heterocycles. The molecule has 0 bridgehead atoms. The lowest BCUT2D eigenvalue weighted by molar-refractivity contribution is 0.228. The van der Waals surface area contributed by atoms with Crippen molar-refractivity contribution in [3.8, 4) is 0 Å². The van der Waals surface area contributed by atoms with E-state index in [0.29, 0.717) is 11.5 Å². The standard InChI is InChI=1S/C14H22FNO/c1-11(10-17)4-3-7-16-9-13-5-6-14(15)12(2)8-13/h5-6,8,11,16-17H,3-4,7,9-10H2,1-2H3. The summed E-state index contributed by atoms with van der Waals surface area (Å²) in [4.78, 5) is 0. The Hall–Kier alpha value is -0.930. The van der Waals surface area contributed by atoms with Gasteiger partial charge >= 0.3 is 0 Å². The highest BCUT2D eigenvalue weighted by Gasteiger charge is 2.00. The first kappa shape index (κ1) is 14.1. The number of nitrogens with one attached hydrogen (secondary N) is 1. The van der Waals surface area contributed by atoms with Crippen LogP contribution >= 0.6 is 0 Å². The summed E-state index contributed by atoms with van der Waals surface area (Å²) >= 11 is 0. The third kappa shape index (κ3) is 5.29. The minimum Gasteiger partial charge on any atom is -0.396 e. The summed E-state index contributed by atoms with van der Waals surface area (Å²) in [5.74, 6) is 0.232. The molecule has 17 heavy (non-hydrogen) atoms. The molecular weight excluding hydrogens is 217 g/mol. The number of halogens is 1. The fourth-order valence-electron chi connectivity index (χ4n) is 1.72.